The summed E-state index contributed by atoms with van der Waals surface area (Å²) < 4.78 is 0. The standard InChI is InChI=1S/C8H14O6/c1-4(8(13)14)2-5(10)7(12)6(11)3-9/h5-7,9-12H,1-3H2,(H,13,14). The lowest BCUT2D eigenvalue weighted by Crippen LogP contribution is -2.39. The molecule has 0 heterocycles. The third kappa shape index (κ3) is 3.84. The second-order valence-electron chi connectivity index (χ2n) is 2.92. The zero-order valence-electron chi connectivity index (χ0n) is 7.50. The van der Waals surface area contributed by atoms with E-state index in [2.05, 4.69) is 6.58 Å². The fourth-order valence-corrected chi connectivity index (χ4v) is 0.825. The van der Waals surface area contributed by atoms with Gasteiger partial charge < -0.3 is 25.5 Å². The lowest BCUT2D eigenvalue weighted by molar-refractivity contribution is -0.133. The second kappa shape index (κ2) is 5.71. The van der Waals surface area contributed by atoms with Crippen LogP contribution < -0.4 is 0 Å². The molecule has 3 atom stereocenters. The molecule has 0 aliphatic heterocycles. The quantitative estimate of drug-likeness (QED) is 0.324. The minimum absolute atomic E-state index is 0.276. The Morgan fingerprint density at radius 3 is 2.07 bits per heavy atom. The molecule has 6 heteroatoms. The van der Waals surface area contributed by atoms with Crippen LogP contribution in [0.25, 0.3) is 0 Å². The molecule has 0 spiro atoms. The molecule has 0 aromatic carbocycles. The number of aliphatic carboxylic acids is 1. The van der Waals surface area contributed by atoms with Crippen LogP contribution in [-0.4, -0.2) is 56.4 Å². The lowest BCUT2D eigenvalue weighted by Gasteiger charge is -2.21. The Hall–Kier alpha value is -0.950. The molecule has 0 aliphatic rings. The molecule has 3 unspecified atom stereocenters. The van der Waals surface area contributed by atoms with Crippen LogP contribution >= 0.6 is 0 Å². The highest BCUT2D eigenvalue weighted by atomic mass is 16.4. The SMILES string of the molecule is C=C(CC(O)C(O)C(O)CO)C(=O)O. The molecule has 0 saturated heterocycles. The number of hydrogen-bond acceptors (Lipinski definition) is 5. The van der Waals surface area contributed by atoms with Crippen LogP contribution in [0.1, 0.15) is 6.42 Å². The molecule has 0 radical (unpaired) electrons. The Balaban J connectivity index is 4.13. The van der Waals surface area contributed by atoms with Gasteiger partial charge in [0, 0.05) is 12.0 Å². The third-order valence-corrected chi connectivity index (χ3v) is 1.73. The van der Waals surface area contributed by atoms with Gasteiger partial charge in [-0.2, -0.15) is 0 Å². The van der Waals surface area contributed by atoms with Crippen LogP contribution in [0.2, 0.25) is 0 Å². The molecule has 6 nitrogen and oxygen atoms in total. The van der Waals surface area contributed by atoms with Crippen LogP contribution in [0.4, 0.5) is 0 Å². The van der Waals surface area contributed by atoms with Gasteiger partial charge in [-0.15, -0.1) is 0 Å². The van der Waals surface area contributed by atoms with E-state index in [9.17, 15) is 9.90 Å². The summed E-state index contributed by atoms with van der Waals surface area (Å²) >= 11 is 0. The zero-order chi connectivity index (χ0) is 11.3. The Bertz CT molecular complexity index is 214. The van der Waals surface area contributed by atoms with Crippen molar-refractivity contribution in [1.29, 1.82) is 0 Å². The van der Waals surface area contributed by atoms with Crippen molar-refractivity contribution in [2.75, 3.05) is 6.61 Å². The van der Waals surface area contributed by atoms with Crippen molar-refractivity contribution in [3.63, 3.8) is 0 Å². The third-order valence-electron chi connectivity index (χ3n) is 1.73. The van der Waals surface area contributed by atoms with E-state index >= 15 is 0 Å². The maximum Gasteiger partial charge on any atom is 0.331 e. The minimum atomic E-state index is -1.59. The monoisotopic (exact) mass is 206 g/mol. The Morgan fingerprint density at radius 2 is 1.71 bits per heavy atom. The highest BCUT2D eigenvalue weighted by Gasteiger charge is 2.25. The van der Waals surface area contributed by atoms with Gasteiger partial charge in [0.25, 0.3) is 0 Å². The molecule has 0 aromatic heterocycles. The largest absolute Gasteiger partial charge is 0.478 e. The first kappa shape index (κ1) is 13.1. The highest BCUT2D eigenvalue weighted by molar-refractivity contribution is 5.85. The predicted octanol–water partition coefficient (Wildman–Crippen LogP) is -1.91. The number of aliphatic hydroxyl groups excluding tert-OH is 4. The molecule has 0 aliphatic carbocycles. The van der Waals surface area contributed by atoms with Crippen LogP contribution in [0.5, 0.6) is 0 Å². The van der Waals surface area contributed by atoms with Gasteiger partial charge in [0.1, 0.15) is 12.2 Å². The smallest absolute Gasteiger partial charge is 0.331 e. The molecule has 0 fully saturated rings. The van der Waals surface area contributed by atoms with Crippen molar-refractivity contribution in [3.8, 4) is 0 Å². The van der Waals surface area contributed by atoms with Crippen molar-refractivity contribution >= 4 is 5.97 Å². The van der Waals surface area contributed by atoms with Crippen molar-refractivity contribution < 1.29 is 30.3 Å². The second-order valence-corrected chi connectivity index (χ2v) is 2.92. The number of carboxylic acid groups (broad SMARTS) is 1. The Labute approximate surface area is 80.7 Å². The van der Waals surface area contributed by atoms with E-state index in [1.165, 1.54) is 0 Å². The van der Waals surface area contributed by atoms with Gasteiger partial charge in [0.15, 0.2) is 0 Å². The average Bonchev–Trinajstić information content (AvgIpc) is 2.14. The summed E-state index contributed by atoms with van der Waals surface area (Å²) in [6.07, 6.45) is -4.91. The van der Waals surface area contributed by atoms with E-state index in [1.54, 1.807) is 0 Å². The lowest BCUT2D eigenvalue weighted by atomic mass is 10.0. The van der Waals surface area contributed by atoms with Gasteiger partial charge in [-0.3, -0.25) is 0 Å². The van der Waals surface area contributed by atoms with E-state index in [-0.39, 0.29) is 12.0 Å². The summed E-state index contributed by atoms with van der Waals surface area (Å²) in [4.78, 5) is 10.3. The van der Waals surface area contributed by atoms with Crippen LogP contribution in [0.3, 0.4) is 0 Å². The van der Waals surface area contributed by atoms with E-state index in [1.807, 2.05) is 0 Å². The van der Waals surface area contributed by atoms with Crippen LogP contribution in [0.15, 0.2) is 12.2 Å². The number of aliphatic hydroxyl groups is 4. The summed E-state index contributed by atoms with van der Waals surface area (Å²) in [5.74, 6) is -1.28. The first-order valence-electron chi connectivity index (χ1n) is 3.96. The molecule has 0 saturated carbocycles. The molecule has 0 rings (SSSR count). The number of rotatable bonds is 6. The van der Waals surface area contributed by atoms with Gasteiger partial charge in [-0.05, 0) is 0 Å². The number of hydrogen-bond donors (Lipinski definition) is 5. The minimum Gasteiger partial charge on any atom is -0.478 e. The summed E-state index contributed by atoms with van der Waals surface area (Å²) in [5.41, 5.74) is -0.276. The zero-order valence-corrected chi connectivity index (χ0v) is 7.50. The molecule has 0 bridgehead atoms. The molecular weight excluding hydrogens is 192 g/mol. The topological polar surface area (TPSA) is 118 Å². The maximum atomic E-state index is 10.3. The van der Waals surface area contributed by atoms with Crippen molar-refractivity contribution in [1.82, 2.24) is 0 Å². The molecular formula is C8H14O6. The van der Waals surface area contributed by atoms with E-state index < -0.39 is 30.9 Å². The van der Waals surface area contributed by atoms with Crippen molar-refractivity contribution in [3.05, 3.63) is 12.2 Å². The fourth-order valence-electron chi connectivity index (χ4n) is 0.825. The van der Waals surface area contributed by atoms with Gasteiger partial charge in [0.05, 0.1) is 12.7 Å². The molecule has 5 N–H and O–H groups in total. The Kier molecular flexibility index (Phi) is 5.32. The molecule has 14 heavy (non-hydrogen) atoms. The summed E-state index contributed by atoms with van der Waals surface area (Å²) in [7, 11) is 0. The Morgan fingerprint density at radius 1 is 1.21 bits per heavy atom. The number of carbonyl (C=O) groups is 1. The first-order chi connectivity index (χ1) is 6.40. The van der Waals surface area contributed by atoms with Crippen LogP contribution in [0, 0.1) is 0 Å². The maximum absolute atomic E-state index is 10.3. The first-order valence-corrected chi connectivity index (χ1v) is 3.96. The van der Waals surface area contributed by atoms with Gasteiger partial charge in [0.2, 0.25) is 0 Å². The van der Waals surface area contributed by atoms with Crippen molar-refractivity contribution in [2.24, 2.45) is 0 Å². The summed E-state index contributed by atoms with van der Waals surface area (Å²) in [5, 5.41) is 44.1. The van der Waals surface area contributed by atoms with E-state index in [0.717, 1.165) is 0 Å². The van der Waals surface area contributed by atoms with Gasteiger partial charge in [-0.25, -0.2) is 4.79 Å². The predicted molar refractivity (Wildman–Crippen MR) is 46.5 cm³/mol. The summed E-state index contributed by atoms with van der Waals surface area (Å²) in [6, 6.07) is 0. The van der Waals surface area contributed by atoms with E-state index in [4.69, 9.17) is 20.4 Å². The van der Waals surface area contributed by atoms with Gasteiger partial charge >= 0.3 is 5.97 Å². The van der Waals surface area contributed by atoms with Crippen molar-refractivity contribution in [2.45, 2.75) is 24.7 Å². The highest BCUT2D eigenvalue weighted by Crippen LogP contribution is 2.09. The summed E-state index contributed by atoms with van der Waals surface area (Å²) in [6.45, 7) is 2.44. The number of carboxylic acids is 1. The normalized spacial score (nSPS) is 17.1. The van der Waals surface area contributed by atoms with E-state index in [0.29, 0.717) is 0 Å². The van der Waals surface area contributed by atoms with Gasteiger partial charge in [-0.1, -0.05) is 6.58 Å². The average molecular weight is 206 g/mol. The fraction of sp³-hybridized carbons (Fsp3) is 0.625. The van der Waals surface area contributed by atoms with Crippen LogP contribution in [-0.2, 0) is 4.79 Å². The molecule has 0 aromatic rings. The molecule has 82 valence electrons. The molecule has 0 amide bonds.